The van der Waals surface area contributed by atoms with Crippen molar-refractivity contribution in [3.8, 4) is 0 Å². The molecule has 5 heteroatoms. The van der Waals surface area contributed by atoms with Gasteiger partial charge in [0.2, 0.25) is 0 Å². The number of ether oxygens (including phenoxy) is 1. The van der Waals surface area contributed by atoms with Crippen LogP contribution in [0, 0.1) is 11.3 Å². The lowest BCUT2D eigenvalue weighted by Gasteiger charge is -2.23. The van der Waals surface area contributed by atoms with E-state index in [0.717, 1.165) is 42.6 Å². The zero-order valence-electron chi connectivity index (χ0n) is 14.5. The van der Waals surface area contributed by atoms with Gasteiger partial charge in [-0.15, -0.1) is 0 Å². The van der Waals surface area contributed by atoms with Gasteiger partial charge in [0.15, 0.2) is 5.78 Å². The normalized spacial score (nSPS) is 28.8. The Morgan fingerprint density at radius 3 is 2.60 bits per heavy atom. The van der Waals surface area contributed by atoms with Gasteiger partial charge in [0.25, 0.3) is 0 Å². The first-order valence-corrected chi connectivity index (χ1v) is 9.09. The molecular weight excluding hydrogens is 314 g/mol. The molecule has 3 fully saturated rings. The number of allylic oxidation sites excluding steroid dienone is 2. The topological polar surface area (TPSA) is 88.2 Å². The highest BCUT2D eigenvalue weighted by atomic mass is 16.5. The number of rotatable bonds is 6. The summed E-state index contributed by atoms with van der Waals surface area (Å²) < 4.78 is 6.01. The number of hydrogen-bond donors (Lipinski definition) is 3. The molecule has 1 aliphatic carbocycles. The van der Waals surface area contributed by atoms with E-state index >= 15 is 0 Å². The van der Waals surface area contributed by atoms with E-state index in [-0.39, 0.29) is 24.0 Å². The van der Waals surface area contributed by atoms with Crippen LogP contribution in [0.15, 0.2) is 35.5 Å². The van der Waals surface area contributed by atoms with Crippen molar-refractivity contribution >= 4 is 11.5 Å². The van der Waals surface area contributed by atoms with Crippen LogP contribution in [0.1, 0.15) is 43.4 Å². The smallest absolute Gasteiger partial charge is 0.185 e. The summed E-state index contributed by atoms with van der Waals surface area (Å²) in [5.41, 5.74) is 9.53. The number of morpholine rings is 1. The van der Waals surface area contributed by atoms with E-state index in [1.54, 1.807) is 6.92 Å². The number of carbonyl (C=O) groups excluding carboxylic acids is 1. The molecular formula is C20H25N3O2. The Balaban J connectivity index is 1.40. The molecule has 2 aliphatic heterocycles. The third kappa shape index (κ3) is 3.26. The molecule has 4 N–H and O–H groups in total. The maximum atomic E-state index is 12.4. The van der Waals surface area contributed by atoms with Gasteiger partial charge in [0, 0.05) is 24.7 Å². The zero-order valence-corrected chi connectivity index (χ0v) is 14.5. The Morgan fingerprint density at radius 1 is 1.32 bits per heavy atom. The molecule has 2 bridgehead atoms. The Kier molecular flexibility index (Phi) is 4.21. The number of carbonyl (C=O) groups is 1. The number of nitrogens with two attached hydrogens (primary N) is 1. The predicted octanol–water partition coefficient (Wildman–Crippen LogP) is 2.26. The van der Waals surface area contributed by atoms with E-state index in [1.807, 2.05) is 24.3 Å². The lowest BCUT2D eigenvalue weighted by Crippen LogP contribution is -2.33. The first kappa shape index (κ1) is 16.5. The maximum Gasteiger partial charge on any atom is 0.185 e. The second kappa shape index (κ2) is 6.39. The number of Topliss-reactive ketones (excluding diaryl/α,β-unsaturated/α-hetero) is 1. The van der Waals surface area contributed by atoms with Gasteiger partial charge in [-0.25, -0.2) is 0 Å². The molecule has 3 atom stereocenters. The van der Waals surface area contributed by atoms with Gasteiger partial charge in [0.1, 0.15) is 5.71 Å². The van der Waals surface area contributed by atoms with Crippen LogP contribution in [0.2, 0.25) is 0 Å². The fourth-order valence-corrected chi connectivity index (χ4v) is 3.83. The highest BCUT2D eigenvalue weighted by Gasteiger charge is 2.41. The minimum absolute atomic E-state index is 0.0501. The molecule has 0 radical (unpaired) electrons. The van der Waals surface area contributed by atoms with Crippen LogP contribution in [0.25, 0.3) is 0 Å². The molecule has 25 heavy (non-hydrogen) atoms. The largest absolute Gasteiger partial charge is 0.402 e. The molecule has 0 aromatic heterocycles. The van der Waals surface area contributed by atoms with Gasteiger partial charge in [-0.1, -0.05) is 24.3 Å². The minimum Gasteiger partial charge on any atom is -0.402 e. The molecule has 0 spiro atoms. The summed E-state index contributed by atoms with van der Waals surface area (Å²) in [5.74, 6) is 0.203. The Bertz CT molecular complexity index is 734. The van der Waals surface area contributed by atoms with Gasteiger partial charge in [-0.2, -0.15) is 0 Å². The third-order valence-electron chi connectivity index (χ3n) is 5.61. The van der Waals surface area contributed by atoms with Crippen LogP contribution in [0.5, 0.6) is 0 Å². The van der Waals surface area contributed by atoms with Crippen molar-refractivity contribution in [3.63, 3.8) is 0 Å². The Labute approximate surface area is 148 Å². The summed E-state index contributed by atoms with van der Waals surface area (Å²) in [7, 11) is 0. The van der Waals surface area contributed by atoms with Crippen molar-refractivity contribution in [2.45, 2.75) is 50.9 Å². The molecule has 5 nitrogen and oxygen atoms in total. The summed E-state index contributed by atoms with van der Waals surface area (Å²) in [6, 6.07) is 8.43. The monoisotopic (exact) mass is 339 g/mol. The standard InChI is InChI=1S/C20H25N3O2/c1-11(18(21)13-6-7-13)19(22)17(24)8-12-2-4-14(5-3-12)20-16-9-15(25-20)10-23-16/h2-5,13,15-16,20,22-23H,6-10,21H2,1H3/t15-,16-,20+/m1/s1. The highest BCUT2D eigenvalue weighted by molar-refractivity contribution is 6.45. The first-order chi connectivity index (χ1) is 12.0. The highest BCUT2D eigenvalue weighted by Crippen LogP contribution is 2.37. The van der Waals surface area contributed by atoms with E-state index < -0.39 is 0 Å². The van der Waals surface area contributed by atoms with Crippen molar-refractivity contribution in [2.75, 3.05) is 6.54 Å². The number of ketones is 1. The molecule has 1 saturated carbocycles. The van der Waals surface area contributed by atoms with Crippen LogP contribution in [-0.2, 0) is 16.0 Å². The number of nitrogens with one attached hydrogen (secondary N) is 2. The lowest BCUT2D eigenvalue weighted by molar-refractivity contribution is -0.112. The molecule has 132 valence electrons. The maximum absolute atomic E-state index is 12.4. The summed E-state index contributed by atoms with van der Waals surface area (Å²) in [4.78, 5) is 12.4. The van der Waals surface area contributed by atoms with Crippen LogP contribution < -0.4 is 11.1 Å². The summed E-state index contributed by atoms with van der Waals surface area (Å²) in [6.45, 7) is 2.74. The number of hydrogen-bond acceptors (Lipinski definition) is 5. The van der Waals surface area contributed by atoms with E-state index in [2.05, 4.69) is 5.32 Å². The second-order valence-electron chi connectivity index (χ2n) is 7.50. The summed E-state index contributed by atoms with van der Waals surface area (Å²) >= 11 is 0. The summed E-state index contributed by atoms with van der Waals surface area (Å²) in [6.07, 6.45) is 3.92. The average molecular weight is 339 g/mol. The van der Waals surface area contributed by atoms with E-state index in [1.165, 1.54) is 0 Å². The first-order valence-electron chi connectivity index (χ1n) is 9.09. The predicted molar refractivity (Wildman–Crippen MR) is 96.5 cm³/mol. The fourth-order valence-electron chi connectivity index (χ4n) is 3.83. The van der Waals surface area contributed by atoms with Gasteiger partial charge >= 0.3 is 0 Å². The number of fused-ring (bicyclic) bond motifs is 2. The SMILES string of the molecule is CC(C(=N)C(=O)Cc1ccc([C@@H]2O[C@H]3CN[C@@H]2C3)cc1)=C(N)C1CC1. The Hall–Kier alpha value is -1.98. The third-order valence-corrected chi connectivity index (χ3v) is 5.61. The fraction of sp³-hybridized carbons (Fsp3) is 0.500. The molecule has 0 unspecified atom stereocenters. The molecule has 1 aromatic rings. The molecule has 1 aromatic carbocycles. The average Bonchev–Trinajstić information content (AvgIpc) is 3.27. The minimum atomic E-state index is -0.174. The molecule has 2 saturated heterocycles. The summed E-state index contributed by atoms with van der Waals surface area (Å²) in [5, 5.41) is 11.6. The van der Waals surface area contributed by atoms with Crippen molar-refractivity contribution in [2.24, 2.45) is 11.7 Å². The molecule has 2 heterocycles. The zero-order chi connectivity index (χ0) is 17.6. The van der Waals surface area contributed by atoms with Crippen LogP contribution in [-0.4, -0.2) is 30.2 Å². The van der Waals surface area contributed by atoms with Crippen LogP contribution >= 0.6 is 0 Å². The van der Waals surface area contributed by atoms with Crippen molar-refractivity contribution < 1.29 is 9.53 Å². The van der Waals surface area contributed by atoms with Gasteiger partial charge in [-0.3, -0.25) is 10.2 Å². The quantitative estimate of drug-likeness (QED) is 0.694. The van der Waals surface area contributed by atoms with Crippen molar-refractivity contribution in [1.82, 2.24) is 5.32 Å². The Morgan fingerprint density at radius 2 is 2.04 bits per heavy atom. The van der Waals surface area contributed by atoms with Gasteiger partial charge in [0.05, 0.1) is 12.2 Å². The van der Waals surface area contributed by atoms with Gasteiger partial charge < -0.3 is 15.8 Å². The second-order valence-corrected chi connectivity index (χ2v) is 7.50. The van der Waals surface area contributed by atoms with E-state index in [0.29, 0.717) is 23.6 Å². The van der Waals surface area contributed by atoms with Crippen molar-refractivity contribution in [1.29, 1.82) is 5.41 Å². The van der Waals surface area contributed by atoms with Crippen molar-refractivity contribution in [3.05, 3.63) is 46.7 Å². The number of benzene rings is 1. The van der Waals surface area contributed by atoms with Crippen LogP contribution in [0.3, 0.4) is 0 Å². The lowest BCUT2D eigenvalue weighted by atomic mass is 9.97. The van der Waals surface area contributed by atoms with Crippen LogP contribution in [0.4, 0.5) is 0 Å². The van der Waals surface area contributed by atoms with E-state index in [4.69, 9.17) is 15.9 Å². The molecule has 3 aliphatic rings. The van der Waals surface area contributed by atoms with Gasteiger partial charge in [-0.05, 0) is 48.8 Å². The molecule has 0 amide bonds. The van der Waals surface area contributed by atoms with E-state index in [9.17, 15) is 4.79 Å². The molecule has 4 rings (SSSR count).